The molecule has 0 aliphatic carbocycles. The summed E-state index contributed by atoms with van der Waals surface area (Å²) in [5, 5.41) is 9.29. The molecule has 0 radical (unpaired) electrons. The number of thioether (sulfide) groups is 1. The molecule has 0 fully saturated rings. The maximum absolute atomic E-state index is 12.4. The molecule has 1 aliphatic rings. The molecule has 0 saturated carbocycles. The Hall–Kier alpha value is -2.85. The van der Waals surface area contributed by atoms with Gasteiger partial charge in [0.05, 0.1) is 5.69 Å². The van der Waals surface area contributed by atoms with Crippen molar-refractivity contribution in [3.8, 4) is 11.5 Å². The molecule has 4 aromatic rings. The van der Waals surface area contributed by atoms with Gasteiger partial charge in [0.1, 0.15) is 12.3 Å². The standard InChI is InChI=1S/C20H16BrN5O3S/c1-25-19(16-10-28-14-4-2-3-5-15(14)29-16)23-24-20(25)30-11-13-8-18(27)26-9-12(21)6-7-17(26)22-13/h2-9,16H,10-11H2,1H3/t16-/m1/s1. The van der Waals surface area contributed by atoms with E-state index in [1.54, 1.807) is 18.3 Å². The first kappa shape index (κ1) is 19.1. The van der Waals surface area contributed by atoms with Crippen molar-refractivity contribution in [2.24, 2.45) is 7.05 Å². The molecule has 10 heteroatoms. The van der Waals surface area contributed by atoms with Crippen molar-refractivity contribution < 1.29 is 9.47 Å². The lowest BCUT2D eigenvalue weighted by molar-refractivity contribution is 0.0825. The highest BCUT2D eigenvalue weighted by Crippen LogP contribution is 2.36. The smallest absolute Gasteiger partial charge is 0.258 e. The maximum atomic E-state index is 12.4. The molecule has 0 spiro atoms. The van der Waals surface area contributed by atoms with Crippen molar-refractivity contribution in [1.82, 2.24) is 24.1 Å². The predicted octanol–water partition coefficient (Wildman–Crippen LogP) is 3.39. The molecule has 4 heterocycles. The van der Waals surface area contributed by atoms with Gasteiger partial charge in [0.15, 0.2) is 28.6 Å². The molecule has 8 nitrogen and oxygen atoms in total. The average molecular weight is 486 g/mol. The molecule has 0 unspecified atom stereocenters. The summed E-state index contributed by atoms with van der Waals surface area (Å²) in [5.41, 5.74) is 1.16. The molecule has 0 N–H and O–H groups in total. The maximum Gasteiger partial charge on any atom is 0.258 e. The second-order valence-corrected chi connectivity index (χ2v) is 8.57. The van der Waals surface area contributed by atoms with Gasteiger partial charge in [-0.15, -0.1) is 10.2 Å². The summed E-state index contributed by atoms with van der Waals surface area (Å²) in [7, 11) is 1.89. The minimum absolute atomic E-state index is 0.123. The third-order valence-electron chi connectivity index (χ3n) is 4.69. The number of fused-ring (bicyclic) bond motifs is 2. The van der Waals surface area contributed by atoms with E-state index in [0.29, 0.717) is 40.4 Å². The van der Waals surface area contributed by atoms with Gasteiger partial charge in [0.2, 0.25) is 0 Å². The molecule has 0 bridgehead atoms. The summed E-state index contributed by atoms with van der Waals surface area (Å²) in [6, 6.07) is 12.8. The van der Waals surface area contributed by atoms with Crippen molar-refractivity contribution in [2.45, 2.75) is 17.0 Å². The van der Waals surface area contributed by atoms with Gasteiger partial charge in [-0.25, -0.2) is 4.98 Å². The summed E-state index contributed by atoms with van der Waals surface area (Å²) in [6.07, 6.45) is 1.37. The van der Waals surface area contributed by atoms with Gasteiger partial charge >= 0.3 is 0 Å². The van der Waals surface area contributed by atoms with E-state index in [1.165, 1.54) is 16.2 Å². The van der Waals surface area contributed by atoms with Gasteiger partial charge < -0.3 is 14.0 Å². The van der Waals surface area contributed by atoms with E-state index < -0.39 is 0 Å². The fourth-order valence-electron chi connectivity index (χ4n) is 3.22. The van der Waals surface area contributed by atoms with E-state index in [0.717, 1.165) is 10.2 Å². The molecule has 1 aromatic carbocycles. The monoisotopic (exact) mass is 485 g/mol. The van der Waals surface area contributed by atoms with Gasteiger partial charge in [-0.1, -0.05) is 23.9 Å². The predicted molar refractivity (Wildman–Crippen MR) is 115 cm³/mol. The van der Waals surface area contributed by atoms with Gasteiger partial charge in [-0.05, 0) is 40.2 Å². The molecular weight excluding hydrogens is 470 g/mol. The largest absolute Gasteiger partial charge is 0.485 e. The van der Waals surface area contributed by atoms with E-state index in [-0.39, 0.29) is 11.7 Å². The summed E-state index contributed by atoms with van der Waals surface area (Å²) < 4.78 is 16.0. The highest BCUT2D eigenvalue weighted by Gasteiger charge is 2.27. The zero-order valence-electron chi connectivity index (χ0n) is 15.9. The van der Waals surface area contributed by atoms with Gasteiger partial charge in [-0.3, -0.25) is 9.20 Å². The van der Waals surface area contributed by atoms with Crippen LogP contribution in [-0.4, -0.2) is 30.8 Å². The SMILES string of the molecule is Cn1c(SCc2cc(=O)n3cc(Br)ccc3n2)nnc1[C@H]1COc2ccccc2O1. The van der Waals surface area contributed by atoms with E-state index in [1.807, 2.05) is 41.9 Å². The minimum atomic E-state index is -0.339. The molecule has 152 valence electrons. The molecule has 3 aromatic heterocycles. The van der Waals surface area contributed by atoms with Crippen LogP contribution in [0.15, 0.2) is 63.1 Å². The molecule has 1 atom stereocenters. The Morgan fingerprint density at radius 3 is 2.90 bits per heavy atom. The van der Waals surface area contributed by atoms with Gasteiger partial charge in [0.25, 0.3) is 5.56 Å². The number of halogens is 1. The van der Waals surface area contributed by atoms with Crippen LogP contribution in [0.25, 0.3) is 5.65 Å². The van der Waals surface area contributed by atoms with Crippen LogP contribution in [0.5, 0.6) is 11.5 Å². The van der Waals surface area contributed by atoms with Gasteiger partial charge in [-0.2, -0.15) is 0 Å². The first-order chi connectivity index (χ1) is 14.6. The highest BCUT2D eigenvalue weighted by atomic mass is 79.9. The van der Waals surface area contributed by atoms with Crippen molar-refractivity contribution >= 4 is 33.3 Å². The number of benzene rings is 1. The summed E-state index contributed by atoms with van der Waals surface area (Å²) in [5.74, 6) is 2.60. The van der Waals surface area contributed by atoms with E-state index in [9.17, 15) is 4.79 Å². The summed E-state index contributed by atoms with van der Waals surface area (Å²) in [6.45, 7) is 0.367. The van der Waals surface area contributed by atoms with Gasteiger partial charge in [0, 0.05) is 29.5 Å². The number of hydrogen-bond acceptors (Lipinski definition) is 7. The third-order valence-corrected chi connectivity index (χ3v) is 6.21. The number of para-hydroxylation sites is 2. The Morgan fingerprint density at radius 1 is 1.20 bits per heavy atom. The molecule has 0 amide bonds. The van der Waals surface area contributed by atoms with Crippen LogP contribution in [0.3, 0.4) is 0 Å². The number of nitrogens with zero attached hydrogens (tertiary/aromatic N) is 5. The number of hydrogen-bond donors (Lipinski definition) is 0. The lowest BCUT2D eigenvalue weighted by Crippen LogP contribution is -2.24. The number of pyridine rings is 1. The first-order valence-electron chi connectivity index (χ1n) is 9.17. The van der Waals surface area contributed by atoms with Crippen LogP contribution < -0.4 is 15.0 Å². The van der Waals surface area contributed by atoms with Crippen LogP contribution in [0.1, 0.15) is 17.6 Å². The third kappa shape index (κ3) is 3.56. The Morgan fingerprint density at radius 2 is 2.03 bits per heavy atom. The molecule has 1 aliphatic heterocycles. The Balaban J connectivity index is 1.34. The van der Waals surface area contributed by atoms with Crippen molar-refractivity contribution in [2.75, 3.05) is 6.61 Å². The Kier molecular flexibility index (Phi) is 4.95. The topological polar surface area (TPSA) is 83.5 Å². The van der Waals surface area contributed by atoms with E-state index >= 15 is 0 Å². The molecule has 30 heavy (non-hydrogen) atoms. The first-order valence-corrected chi connectivity index (χ1v) is 10.9. The van der Waals surface area contributed by atoms with Crippen LogP contribution in [0, 0.1) is 0 Å². The normalized spacial score (nSPS) is 15.5. The fraction of sp³-hybridized carbons (Fsp3) is 0.200. The van der Waals surface area contributed by atoms with Crippen molar-refractivity contribution in [3.63, 3.8) is 0 Å². The van der Waals surface area contributed by atoms with Crippen LogP contribution in [-0.2, 0) is 12.8 Å². The fourth-order valence-corrected chi connectivity index (χ4v) is 4.37. The zero-order valence-corrected chi connectivity index (χ0v) is 18.3. The second-order valence-electron chi connectivity index (χ2n) is 6.71. The number of aromatic nitrogens is 5. The van der Waals surface area contributed by atoms with Crippen LogP contribution in [0.4, 0.5) is 0 Å². The molecule has 0 saturated heterocycles. The Bertz CT molecular complexity index is 1310. The number of rotatable bonds is 4. The number of ether oxygens (including phenoxy) is 2. The summed E-state index contributed by atoms with van der Waals surface area (Å²) in [4.78, 5) is 16.9. The summed E-state index contributed by atoms with van der Waals surface area (Å²) >= 11 is 4.83. The lowest BCUT2D eigenvalue weighted by atomic mass is 10.2. The van der Waals surface area contributed by atoms with E-state index in [2.05, 4.69) is 31.1 Å². The Labute approximate surface area is 184 Å². The van der Waals surface area contributed by atoms with Crippen molar-refractivity contribution in [1.29, 1.82) is 0 Å². The average Bonchev–Trinajstić information content (AvgIpc) is 3.13. The van der Waals surface area contributed by atoms with Crippen molar-refractivity contribution in [3.05, 3.63) is 75.0 Å². The quantitative estimate of drug-likeness (QED) is 0.409. The molecule has 5 rings (SSSR count). The minimum Gasteiger partial charge on any atom is -0.485 e. The van der Waals surface area contributed by atoms with E-state index in [4.69, 9.17) is 9.47 Å². The zero-order chi connectivity index (χ0) is 20.7. The second kappa shape index (κ2) is 7.77. The molecular formula is C20H16BrN5O3S. The van der Waals surface area contributed by atoms with Crippen LogP contribution >= 0.6 is 27.7 Å². The lowest BCUT2D eigenvalue weighted by Gasteiger charge is -2.25. The van der Waals surface area contributed by atoms with Crippen LogP contribution in [0.2, 0.25) is 0 Å². The highest BCUT2D eigenvalue weighted by molar-refractivity contribution is 9.10.